The summed E-state index contributed by atoms with van der Waals surface area (Å²) in [6.07, 6.45) is 5.75. The molecule has 1 unspecified atom stereocenters. The third-order valence-electron chi connectivity index (χ3n) is 3.22. The molecule has 0 bridgehead atoms. The van der Waals surface area contributed by atoms with E-state index in [9.17, 15) is 0 Å². The maximum absolute atomic E-state index is 3.35. The predicted molar refractivity (Wildman–Crippen MR) is 49.6 cm³/mol. The van der Waals surface area contributed by atoms with Gasteiger partial charge in [-0.25, -0.2) is 0 Å². The standard InChI is InChI=1S/C10H21N/c1-8-4-6-10(7-5-8)9(2)11-3/h8-11H,4-7H2,1-3H3. The lowest BCUT2D eigenvalue weighted by Crippen LogP contribution is -2.32. The topological polar surface area (TPSA) is 12.0 Å². The summed E-state index contributed by atoms with van der Waals surface area (Å²) in [4.78, 5) is 0. The van der Waals surface area contributed by atoms with Crippen LogP contribution in [0.25, 0.3) is 0 Å². The molecule has 1 fully saturated rings. The van der Waals surface area contributed by atoms with E-state index in [1.54, 1.807) is 0 Å². The van der Waals surface area contributed by atoms with Gasteiger partial charge < -0.3 is 5.32 Å². The molecule has 1 saturated carbocycles. The lowest BCUT2D eigenvalue weighted by Gasteiger charge is -2.30. The first-order valence-corrected chi connectivity index (χ1v) is 4.91. The molecule has 0 amide bonds. The third kappa shape index (κ3) is 2.48. The van der Waals surface area contributed by atoms with E-state index < -0.39 is 0 Å². The maximum atomic E-state index is 3.35. The molecule has 0 radical (unpaired) electrons. The van der Waals surface area contributed by atoms with Gasteiger partial charge in [0.05, 0.1) is 0 Å². The van der Waals surface area contributed by atoms with Gasteiger partial charge in [-0.2, -0.15) is 0 Å². The highest BCUT2D eigenvalue weighted by molar-refractivity contribution is 4.76. The van der Waals surface area contributed by atoms with Gasteiger partial charge in [0.1, 0.15) is 0 Å². The molecule has 1 nitrogen and oxygen atoms in total. The summed E-state index contributed by atoms with van der Waals surface area (Å²) in [7, 11) is 2.07. The second-order valence-electron chi connectivity index (χ2n) is 4.10. The van der Waals surface area contributed by atoms with Crippen LogP contribution >= 0.6 is 0 Å². The predicted octanol–water partition coefficient (Wildman–Crippen LogP) is 2.42. The van der Waals surface area contributed by atoms with Crippen LogP contribution < -0.4 is 5.32 Å². The molecule has 0 aromatic rings. The van der Waals surface area contributed by atoms with Gasteiger partial charge in [0, 0.05) is 6.04 Å². The molecule has 66 valence electrons. The molecular formula is C10H21N. The molecule has 1 aliphatic carbocycles. The van der Waals surface area contributed by atoms with Crippen LogP contribution in [-0.4, -0.2) is 13.1 Å². The lowest BCUT2D eigenvalue weighted by molar-refractivity contribution is 0.245. The molecule has 1 rings (SSSR count). The Labute approximate surface area is 70.6 Å². The first kappa shape index (κ1) is 9.05. The molecular weight excluding hydrogens is 134 g/mol. The number of hydrogen-bond donors (Lipinski definition) is 1. The Morgan fingerprint density at radius 3 is 2.18 bits per heavy atom. The molecule has 0 heterocycles. The summed E-state index contributed by atoms with van der Waals surface area (Å²) in [5.41, 5.74) is 0. The van der Waals surface area contributed by atoms with Crippen LogP contribution in [0.2, 0.25) is 0 Å². The summed E-state index contributed by atoms with van der Waals surface area (Å²) < 4.78 is 0. The van der Waals surface area contributed by atoms with Gasteiger partial charge in [-0.15, -0.1) is 0 Å². The summed E-state index contributed by atoms with van der Waals surface area (Å²) in [6, 6.07) is 0.725. The fourth-order valence-corrected chi connectivity index (χ4v) is 2.02. The van der Waals surface area contributed by atoms with E-state index in [1.807, 2.05) is 0 Å². The van der Waals surface area contributed by atoms with E-state index in [0.29, 0.717) is 0 Å². The van der Waals surface area contributed by atoms with E-state index >= 15 is 0 Å². The zero-order valence-corrected chi connectivity index (χ0v) is 8.06. The van der Waals surface area contributed by atoms with E-state index in [-0.39, 0.29) is 0 Å². The zero-order valence-electron chi connectivity index (χ0n) is 8.06. The number of hydrogen-bond acceptors (Lipinski definition) is 1. The van der Waals surface area contributed by atoms with E-state index in [0.717, 1.165) is 17.9 Å². The molecule has 0 aromatic heterocycles. The van der Waals surface area contributed by atoms with Crippen molar-refractivity contribution in [1.29, 1.82) is 0 Å². The Balaban J connectivity index is 2.27. The minimum absolute atomic E-state index is 0.725. The Morgan fingerprint density at radius 1 is 1.18 bits per heavy atom. The number of rotatable bonds is 2. The molecule has 0 spiro atoms. The first-order chi connectivity index (χ1) is 5.24. The van der Waals surface area contributed by atoms with Gasteiger partial charge in [0.2, 0.25) is 0 Å². The monoisotopic (exact) mass is 155 g/mol. The van der Waals surface area contributed by atoms with Crippen LogP contribution in [0.3, 0.4) is 0 Å². The summed E-state index contributed by atoms with van der Waals surface area (Å²) >= 11 is 0. The Hall–Kier alpha value is -0.0400. The summed E-state index contributed by atoms with van der Waals surface area (Å²) in [5, 5.41) is 3.35. The minimum atomic E-state index is 0.725. The average molecular weight is 155 g/mol. The van der Waals surface area contributed by atoms with Crippen LogP contribution in [0.5, 0.6) is 0 Å². The quantitative estimate of drug-likeness (QED) is 0.645. The van der Waals surface area contributed by atoms with Crippen molar-refractivity contribution in [3.05, 3.63) is 0 Å². The van der Waals surface area contributed by atoms with Gasteiger partial charge in [0.25, 0.3) is 0 Å². The van der Waals surface area contributed by atoms with Gasteiger partial charge in [-0.05, 0) is 38.6 Å². The van der Waals surface area contributed by atoms with Crippen LogP contribution in [0.1, 0.15) is 39.5 Å². The number of nitrogens with one attached hydrogen (secondary N) is 1. The van der Waals surface area contributed by atoms with Gasteiger partial charge in [0.15, 0.2) is 0 Å². The van der Waals surface area contributed by atoms with Gasteiger partial charge in [-0.1, -0.05) is 19.8 Å². The van der Waals surface area contributed by atoms with Crippen molar-refractivity contribution in [2.45, 2.75) is 45.6 Å². The Kier molecular flexibility index (Phi) is 3.38. The first-order valence-electron chi connectivity index (χ1n) is 4.91. The van der Waals surface area contributed by atoms with Crippen molar-refractivity contribution in [1.82, 2.24) is 5.32 Å². The normalized spacial score (nSPS) is 35.2. The average Bonchev–Trinajstić information content (AvgIpc) is 2.05. The van der Waals surface area contributed by atoms with Crippen molar-refractivity contribution in [3.8, 4) is 0 Å². The molecule has 0 aromatic carbocycles. The second kappa shape index (κ2) is 4.10. The smallest absolute Gasteiger partial charge is 0.00640 e. The van der Waals surface area contributed by atoms with Crippen LogP contribution in [0.4, 0.5) is 0 Å². The largest absolute Gasteiger partial charge is 0.317 e. The van der Waals surface area contributed by atoms with Gasteiger partial charge >= 0.3 is 0 Å². The van der Waals surface area contributed by atoms with Crippen LogP contribution in [-0.2, 0) is 0 Å². The van der Waals surface area contributed by atoms with Crippen molar-refractivity contribution in [3.63, 3.8) is 0 Å². The second-order valence-corrected chi connectivity index (χ2v) is 4.10. The van der Waals surface area contributed by atoms with Crippen molar-refractivity contribution in [2.24, 2.45) is 11.8 Å². The molecule has 1 atom stereocenters. The fourth-order valence-electron chi connectivity index (χ4n) is 2.02. The highest BCUT2D eigenvalue weighted by atomic mass is 14.9. The molecule has 0 aliphatic heterocycles. The Morgan fingerprint density at radius 2 is 1.73 bits per heavy atom. The van der Waals surface area contributed by atoms with Gasteiger partial charge in [-0.3, -0.25) is 0 Å². The SMILES string of the molecule is CNC(C)C1CCC(C)CC1. The molecule has 0 saturated heterocycles. The van der Waals surface area contributed by atoms with E-state index in [1.165, 1.54) is 25.7 Å². The van der Waals surface area contributed by atoms with E-state index in [4.69, 9.17) is 0 Å². The van der Waals surface area contributed by atoms with Crippen molar-refractivity contribution in [2.75, 3.05) is 7.05 Å². The van der Waals surface area contributed by atoms with Crippen molar-refractivity contribution >= 4 is 0 Å². The zero-order chi connectivity index (χ0) is 8.27. The summed E-state index contributed by atoms with van der Waals surface area (Å²) in [6.45, 7) is 4.68. The molecule has 1 heteroatoms. The van der Waals surface area contributed by atoms with Crippen LogP contribution in [0, 0.1) is 11.8 Å². The van der Waals surface area contributed by atoms with Crippen molar-refractivity contribution < 1.29 is 0 Å². The highest BCUT2D eigenvalue weighted by Gasteiger charge is 2.21. The highest BCUT2D eigenvalue weighted by Crippen LogP contribution is 2.29. The molecule has 11 heavy (non-hydrogen) atoms. The Bertz CT molecular complexity index is 103. The molecule has 1 aliphatic rings. The lowest BCUT2D eigenvalue weighted by atomic mass is 9.80. The third-order valence-corrected chi connectivity index (χ3v) is 3.22. The summed E-state index contributed by atoms with van der Waals surface area (Å²) in [5.74, 6) is 1.92. The fraction of sp³-hybridized carbons (Fsp3) is 1.00. The molecule has 1 N–H and O–H groups in total. The van der Waals surface area contributed by atoms with E-state index in [2.05, 4.69) is 26.2 Å². The maximum Gasteiger partial charge on any atom is 0.00640 e. The van der Waals surface area contributed by atoms with Crippen LogP contribution in [0.15, 0.2) is 0 Å². The minimum Gasteiger partial charge on any atom is -0.317 e.